The van der Waals surface area contributed by atoms with Gasteiger partial charge in [0.25, 0.3) is 23.5 Å². The average molecular weight is 569 g/mol. The first-order chi connectivity index (χ1) is 13.4. The SMILES string of the molecule is Nc1ccn([C@@H]2O[C@@H](COP(=O)([O-])OP(=O)([O-])OP(=O)([O-])O)[C@H](O)C2(F)F)c(=O)n1.[Na+].[Na+].[Na+]. The Hall–Kier alpha value is 1.87. The first kappa shape index (κ1) is 37.0. The predicted molar refractivity (Wildman–Crippen MR) is 80.9 cm³/mol. The fourth-order valence-corrected chi connectivity index (χ4v) is 5.06. The minimum absolute atomic E-state index is 0. The molecule has 2 rings (SSSR count). The van der Waals surface area contributed by atoms with Gasteiger partial charge in [-0.3, -0.25) is 18.3 Å². The van der Waals surface area contributed by atoms with E-state index in [0.717, 1.165) is 12.3 Å². The van der Waals surface area contributed by atoms with Crippen molar-refractivity contribution in [2.24, 2.45) is 0 Å². The van der Waals surface area contributed by atoms with Gasteiger partial charge in [-0.1, -0.05) is 0 Å². The van der Waals surface area contributed by atoms with Gasteiger partial charge in [-0.05, 0) is 6.07 Å². The molecular formula is C9H11F2N3Na3O13P3. The van der Waals surface area contributed by atoms with Crippen molar-refractivity contribution < 1.29 is 154 Å². The number of hydrogen-bond acceptors (Lipinski definition) is 14. The molecule has 172 valence electrons. The Balaban J connectivity index is 0. The Labute approximate surface area is 249 Å². The molecule has 6 atom stereocenters. The fraction of sp³-hybridized carbons (Fsp3) is 0.556. The molecule has 1 saturated heterocycles. The summed E-state index contributed by atoms with van der Waals surface area (Å²) in [5, 5.41) is 9.68. The van der Waals surface area contributed by atoms with Crippen molar-refractivity contribution in [1.82, 2.24) is 9.55 Å². The summed E-state index contributed by atoms with van der Waals surface area (Å²) in [4.78, 5) is 56.0. The first-order valence-electron chi connectivity index (χ1n) is 7.23. The Bertz CT molecular complexity index is 1010. The number of anilines is 1. The van der Waals surface area contributed by atoms with Crippen LogP contribution in [-0.2, 0) is 31.6 Å². The van der Waals surface area contributed by atoms with Crippen molar-refractivity contribution in [3.63, 3.8) is 0 Å². The number of nitrogens with zero attached hydrogens (tertiary/aromatic N) is 2. The number of ether oxygens (including phenoxy) is 1. The van der Waals surface area contributed by atoms with E-state index in [1.165, 1.54) is 0 Å². The number of aromatic nitrogens is 2. The summed E-state index contributed by atoms with van der Waals surface area (Å²) in [6, 6.07) is 0.957. The molecule has 16 nitrogen and oxygen atoms in total. The van der Waals surface area contributed by atoms with Gasteiger partial charge < -0.3 is 39.7 Å². The number of nitrogen functional groups attached to an aromatic ring is 1. The maximum Gasteiger partial charge on any atom is 1.00 e. The second-order valence-electron chi connectivity index (χ2n) is 5.51. The van der Waals surface area contributed by atoms with Crippen LogP contribution in [0.5, 0.6) is 0 Å². The minimum Gasteiger partial charge on any atom is -0.756 e. The second kappa shape index (κ2) is 13.6. The molecule has 0 bridgehead atoms. The van der Waals surface area contributed by atoms with Crippen molar-refractivity contribution in [2.75, 3.05) is 12.3 Å². The molecule has 0 saturated carbocycles. The van der Waals surface area contributed by atoms with Gasteiger partial charge in [-0.2, -0.15) is 13.8 Å². The van der Waals surface area contributed by atoms with E-state index in [1.807, 2.05) is 0 Å². The molecule has 0 aliphatic carbocycles. The Kier molecular flexibility index (Phi) is 15.3. The van der Waals surface area contributed by atoms with Gasteiger partial charge in [0.2, 0.25) is 6.23 Å². The smallest absolute Gasteiger partial charge is 0.756 e. The third-order valence-electron chi connectivity index (χ3n) is 3.28. The zero-order valence-electron chi connectivity index (χ0n) is 17.0. The molecule has 1 aromatic rings. The van der Waals surface area contributed by atoms with Crippen LogP contribution < -0.4 is 115 Å². The average Bonchev–Trinajstić information content (AvgIpc) is 2.73. The van der Waals surface area contributed by atoms with Crippen molar-refractivity contribution in [3.8, 4) is 0 Å². The second-order valence-corrected chi connectivity index (χ2v) is 9.80. The number of hydrogen-bond donors (Lipinski definition) is 3. The van der Waals surface area contributed by atoms with Crippen LogP contribution in [0.15, 0.2) is 17.1 Å². The molecule has 1 aromatic heterocycles. The molecule has 33 heavy (non-hydrogen) atoms. The Morgan fingerprint density at radius 3 is 2.21 bits per heavy atom. The Morgan fingerprint density at radius 1 is 1.18 bits per heavy atom. The predicted octanol–water partition coefficient (Wildman–Crippen LogP) is -11.8. The zero-order chi connectivity index (χ0) is 23.1. The quantitative estimate of drug-likeness (QED) is 0.194. The molecule has 0 radical (unpaired) electrons. The maximum atomic E-state index is 14.3. The number of rotatable bonds is 8. The molecular weight excluding hydrogens is 558 g/mol. The molecule has 4 N–H and O–H groups in total. The summed E-state index contributed by atoms with van der Waals surface area (Å²) in [7, 11) is -18.2. The number of alkyl halides is 2. The van der Waals surface area contributed by atoms with Gasteiger partial charge in [0.15, 0.2) is 6.10 Å². The molecule has 3 unspecified atom stereocenters. The van der Waals surface area contributed by atoms with Crippen molar-refractivity contribution >= 4 is 29.3 Å². The Morgan fingerprint density at radius 2 is 1.73 bits per heavy atom. The maximum absolute atomic E-state index is 14.3. The summed E-state index contributed by atoms with van der Waals surface area (Å²) in [6.45, 7) is -1.46. The van der Waals surface area contributed by atoms with Crippen molar-refractivity contribution in [1.29, 1.82) is 0 Å². The van der Waals surface area contributed by atoms with Gasteiger partial charge in [0.05, 0.1) is 6.61 Å². The van der Waals surface area contributed by atoms with E-state index in [2.05, 4.69) is 18.1 Å². The molecule has 0 aromatic carbocycles. The van der Waals surface area contributed by atoms with Gasteiger partial charge in [-0.15, -0.1) is 0 Å². The summed E-state index contributed by atoms with van der Waals surface area (Å²) < 4.78 is 76.7. The molecule has 1 aliphatic rings. The van der Waals surface area contributed by atoms with E-state index in [4.69, 9.17) is 15.4 Å². The molecule has 2 heterocycles. The molecule has 1 aliphatic heterocycles. The number of nitrogens with two attached hydrogens (primary N) is 1. The van der Waals surface area contributed by atoms with Crippen molar-refractivity contribution in [3.05, 3.63) is 22.7 Å². The number of phosphoric acid groups is 3. The summed E-state index contributed by atoms with van der Waals surface area (Å²) in [5.41, 5.74) is 3.93. The van der Waals surface area contributed by atoms with Gasteiger partial charge in [0, 0.05) is 6.20 Å². The summed E-state index contributed by atoms with van der Waals surface area (Å²) in [5.74, 6) is -4.48. The third-order valence-corrected chi connectivity index (χ3v) is 6.97. The van der Waals surface area contributed by atoms with Crippen molar-refractivity contribution in [2.45, 2.75) is 24.4 Å². The molecule has 1 fully saturated rings. The van der Waals surface area contributed by atoms with E-state index in [0.29, 0.717) is 0 Å². The topological polar surface area (TPSA) is 259 Å². The summed E-state index contributed by atoms with van der Waals surface area (Å²) in [6.07, 6.45) is -6.59. The van der Waals surface area contributed by atoms with Crippen LogP contribution in [-0.4, -0.2) is 44.3 Å². The third kappa shape index (κ3) is 10.6. The van der Waals surface area contributed by atoms with Gasteiger partial charge >= 0.3 is 100 Å². The standard InChI is InChI=1S/C9H14F2N3O13P3.3Na/c10-9(11)6(15)4(25-7(9)14-2-1-5(12)13-8(14)16)3-24-29(20,21)27-30(22,23)26-28(17,18)19;;;/h1-2,4,6-7,15H,3H2,(H,20,21)(H,22,23)(H2,12,13,16)(H2,17,18,19);;;/q;3*+1/p-3/t4-,6-,7+;;;/m0.../s1. The fourth-order valence-electron chi connectivity index (χ4n) is 2.16. The van der Waals surface area contributed by atoms with Crippen LogP contribution in [0.4, 0.5) is 14.6 Å². The van der Waals surface area contributed by atoms with Crippen LogP contribution in [0, 0.1) is 0 Å². The minimum atomic E-state index is -6.20. The van der Waals surface area contributed by atoms with Crippen LogP contribution in [0.3, 0.4) is 0 Å². The largest absolute Gasteiger partial charge is 1.00 e. The van der Waals surface area contributed by atoms with Gasteiger partial charge in [-0.25, -0.2) is 13.4 Å². The molecule has 0 amide bonds. The first-order valence-corrected chi connectivity index (χ1v) is 11.6. The number of aliphatic hydroxyl groups excluding tert-OH is 1. The van der Waals surface area contributed by atoms with Crippen LogP contribution in [0.2, 0.25) is 0 Å². The van der Waals surface area contributed by atoms with E-state index in [9.17, 15) is 47.1 Å². The van der Waals surface area contributed by atoms with E-state index < -0.39 is 60.1 Å². The van der Waals surface area contributed by atoms with Gasteiger partial charge in [0.1, 0.15) is 11.9 Å². The van der Waals surface area contributed by atoms with Crippen LogP contribution >= 0.6 is 23.5 Å². The van der Waals surface area contributed by atoms with E-state index in [-0.39, 0.29) is 99.1 Å². The summed E-state index contributed by atoms with van der Waals surface area (Å²) >= 11 is 0. The number of halogens is 2. The number of aliphatic hydroxyl groups is 1. The monoisotopic (exact) mass is 569 g/mol. The van der Waals surface area contributed by atoms with Crippen LogP contribution in [0.1, 0.15) is 6.23 Å². The molecule has 24 heteroatoms. The van der Waals surface area contributed by atoms with E-state index >= 15 is 0 Å². The number of phosphoric ester groups is 1. The van der Waals surface area contributed by atoms with Crippen LogP contribution in [0.25, 0.3) is 0 Å². The van der Waals surface area contributed by atoms with E-state index in [1.54, 1.807) is 0 Å². The zero-order valence-corrected chi connectivity index (χ0v) is 25.7. The molecule has 0 spiro atoms. The normalized spacial score (nSPS) is 26.9.